The Hall–Kier alpha value is -3.84. The normalized spacial score (nSPS) is 12.7. The lowest BCUT2D eigenvalue weighted by atomic mass is 10.0. The van der Waals surface area contributed by atoms with E-state index in [1.54, 1.807) is 17.6 Å². The predicted octanol–water partition coefficient (Wildman–Crippen LogP) is 3.60. The van der Waals surface area contributed by atoms with Crippen LogP contribution in [0.3, 0.4) is 0 Å². The summed E-state index contributed by atoms with van der Waals surface area (Å²) >= 11 is 1.20. The van der Waals surface area contributed by atoms with Gasteiger partial charge in [0.25, 0.3) is 15.9 Å². The molecule has 1 amide bonds. The van der Waals surface area contributed by atoms with Crippen LogP contribution in [0.15, 0.2) is 83.3 Å². The van der Waals surface area contributed by atoms with E-state index in [2.05, 4.69) is 15.3 Å². The molecule has 0 aliphatic heterocycles. The largest absolute Gasteiger partial charge is 0.361 e. The number of carbonyl (C=O) groups excluding carboxylic acids is 1. The zero-order valence-corrected chi connectivity index (χ0v) is 21.4. The first-order chi connectivity index (χ1) is 17.9. The van der Waals surface area contributed by atoms with E-state index in [1.807, 2.05) is 60.8 Å². The van der Waals surface area contributed by atoms with Gasteiger partial charge in [-0.25, -0.2) is 18.6 Å². The summed E-state index contributed by atoms with van der Waals surface area (Å²) in [6.07, 6.45) is 3.57. The Morgan fingerprint density at radius 1 is 1.14 bits per heavy atom. The molecule has 0 fully saturated rings. The Balaban J connectivity index is 1.34. The van der Waals surface area contributed by atoms with Crippen molar-refractivity contribution in [1.82, 2.24) is 29.8 Å². The average molecular weight is 537 g/mol. The summed E-state index contributed by atoms with van der Waals surface area (Å²) in [5, 5.41) is 18.4. The van der Waals surface area contributed by atoms with Crippen molar-refractivity contribution in [2.24, 2.45) is 0 Å². The van der Waals surface area contributed by atoms with Gasteiger partial charge in [0.15, 0.2) is 0 Å². The van der Waals surface area contributed by atoms with Gasteiger partial charge in [-0.2, -0.15) is 4.31 Å². The molecule has 3 aromatic heterocycles. The number of thiophene rings is 1. The molecule has 37 heavy (non-hydrogen) atoms. The highest BCUT2D eigenvalue weighted by Gasteiger charge is 2.27. The van der Waals surface area contributed by atoms with Gasteiger partial charge in [-0.1, -0.05) is 53.7 Å². The number of hydroxylamine groups is 1. The molecule has 1 atom stereocenters. The average Bonchev–Trinajstić information content (AvgIpc) is 3.68. The van der Waals surface area contributed by atoms with E-state index in [9.17, 15) is 18.4 Å². The molecule has 5 rings (SSSR count). The number of nitrogens with zero attached hydrogens (tertiary/aromatic N) is 4. The van der Waals surface area contributed by atoms with Crippen LogP contribution in [0.4, 0.5) is 0 Å². The maximum Gasteiger partial charge on any atom is 0.268 e. The van der Waals surface area contributed by atoms with Crippen LogP contribution in [-0.2, 0) is 27.8 Å². The van der Waals surface area contributed by atoms with E-state index >= 15 is 0 Å². The minimum Gasteiger partial charge on any atom is -0.361 e. The van der Waals surface area contributed by atoms with Crippen LogP contribution in [0, 0.1) is 0 Å². The van der Waals surface area contributed by atoms with E-state index in [1.165, 1.54) is 33.6 Å². The van der Waals surface area contributed by atoms with Crippen LogP contribution >= 0.6 is 11.3 Å². The molecule has 10 nitrogen and oxygen atoms in total. The monoisotopic (exact) mass is 536 g/mol. The molecule has 0 bridgehead atoms. The minimum atomic E-state index is -3.77. The van der Waals surface area contributed by atoms with Gasteiger partial charge in [0, 0.05) is 35.4 Å². The number of benzene rings is 2. The summed E-state index contributed by atoms with van der Waals surface area (Å²) in [5.74, 6) is -0.658. The number of fused-ring (bicyclic) bond motifs is 1. The van der Waals surface area contributed by atoms with Crippen LogP contribution in [0.5, 0.6) is 0 Å². The summed E-state index contributed by atoms with van der Waals surface area (Å²) in [5.41, 5.74) is 4.80. The Morgan fingerprint density at radius 2 is 1.89 bits per heavy atom. The van der Waals surface area contributed by atoms with Crippen molar-refractivity contribution in [3.63, 3.8) is 0 Å². The lowest BCUT2D eigenvalue weighted by Crippen LogP contribution is -2.32. The van der Waals surface area contributed by atoms with Crippen LogP contribution in [0.25, 0.3) is 21.3 Å². The third-order valence-electron chi connectivity index (χ3n) is 6.07. The molecule has 12 heteroatoms. The fourth-order valence-electron chi connectivity index (χ4n) is 4.11. The molecule has 5 aromatic rings. The summed E-state index contributed by atoms with van der Waals surface area (Å²) in [6.45, 7) is -0.0402. The summed E-state index contributed by atoms with van der Waals surface area (Å²) < 4.78 is 29.1. The highest BCUT2D eigenvalue weighted by Crippen LogP contribution is 2.32. The minimum absolute atomic E-state index is 0.0402. The first-order valence-electron chi connectivity index (χ1n) is 11.4. The lowest BCUT2D eigenvalue weighted by molar-refractivity contribution is -0.133. The molecular weight excluding hydrogens is 512 g/mol. The number of H-pyrrole nitrogens is 1. The topological polar surface area (TPSA) is 133 Å². The maximum absolute atomic E-state index is 13.2. The number of aromatic amines is 1. The molecule has 1 unspecified atom stereocenters. The molecule has 0 saturated carbocycles. The standard InChI is InChI=1S/C25H24N6O4S2/c1-30(37(34,35)24-12-11-23(36-24)17-7-3-2-4-8-17)15-19-16-31(29-27-19)22(25(32)28-33)13-18-14-26-21-10-6-5-9-20(18)21/h2-12,14,16,22,26,33H,13,15H2,1H3,(H,28,32). The van der Waals surface area contributed by atoms with Crippen LogP contribution < -0.4 is 5.48 Å². The molecule has 190 valence electrons. The molecule has 3 heterocycles. The van der Waals surface area contributed by atoms with Crippen molar-refractivity contribution in [3.05, 3.63) is 90.4 Å². The number of rotatable bonds is 9. The number of amides is 1. The molecule has 0 aliphatic rings. The molecule has 3 N–H and O–H groups in total. The van der Waals surface area contributed by atoms with Gasteiger partial charge in [-0.3, -0.25) is 10.0 Å². The number of aromatic nitrogens is 4. The second-order valence-electron chi connectivity index (χ2n) is 8.49. The quantitative estimate of drug-likeness (QED) is 0.195. The highest BCUT2D eigenvalue weighted by molar-refractivity contribution is 7.91. The van der Waals surface area contributed by atoms with E-state index in [0.717, 1.165) is 26.9 Å². The van der Waals surface area contributed by atoms with Gasteiger partial charge in [0.2, 0.25) is 0 Å². The zero-order valence-electron chi connectivity index (χ0n) is 19.8. The van der Waals surface area contributed by atoms with Gasteiger partial charge < -0.3 is 4.98 Å². The van der Waals surface area contributed by atoms with Gasteiger partial charge >= 0.3 is 0 Å². The van der Waals surface area contributed by atoms with Gasteiger partial charge in [-0.05, 0) is 29.3 Å². The Labute approximate surface area is 217 Å². The third-order valence-corrected chi connectivity index (χ3v) is 9.47. The first-order valence-corrected chi connectivity index (χ1v) is 13.6. The number of hydrogen-bond donors (Lipinski definition) is 3. The van der Waals surface area contributed by atoms with Gasteiger partial charge in [0.05, 0.1) is 18.4 Å². The number of hydrogen-bond acceptors (Lipinski definition) is 7. The Morgan fingerprint density at radius 3 is 2.68 bits per heavy atom. The molecular formula is C25H24N6O4S2. The number of para-hydroxylation sites is 1. The van der Waals surface area contributed by atoms with E-state index in [4.69, 9.17) is 0 Å². The van der Waals surface area contributed by atoms with Crippen LogP contribution in [0.1, 0.15) is 17.3 Å². The maximum atomic E-state index is 13.2. The molecule has 0 radical (unpaired) electrons. The zero-order chi connectivity index (χ0) is 26.0. The molecule has 0 aliphatic carbocycles. The molecule has 0 saturated heterocycles. The highest BCUT2D eigenvalue weighted by atomic mass is 32.2. The van der Waals surface area contributed by atoms with Crippen molar-refractivity contribution < 1.29 is 18.4 Å². The van der Waals surface area contributed by atoms with Crippen molar-refractivity contribution in [3.8, 4) is 10.4 Å². The lowest BCUT2D eigenvalue weighted by Gasteiger charge is -2.15. The number of nitrogens with one attached hydrogen (secondary N) is 2. The molecule has 2 aromatic carbocycles. The van der Waals surface area contributed by atoms with Crippen LogP contribution in [-0.4, -0.2) is 50.9 Å². The smallest absolute Gasteiger partial charge is 0.268 e. The summed E-state index contributed by atoms with van der Waals surface area (Å²) in [4.78, 5) is 16.5. The second kappa shape index (κ2) is 10.3. The van der Waals surface area contributed by atoms with Crippen LogP contribution in [0.2, 0.25) is 0 Å². The van der Waals surface area contributed by atoms with Crippen molar-refractivity contribution in [2.45, 2.75) is 23.2 Å². The van der Waals surface area contributed by atoms with Crippen molar-refractivity contribution in [1.29, 1.82) is 0 Å². The first kappa shape index (κ1) is 24.8. The SMILES string of the molecule is CN(Cc1cn(C(Cc2c[nH]c3ccccc23)C(=O)NO)nn1)S(=O)(=O)c1ccc(-c2ccccc2)s1. The summed E-state index contributed by atoms with van der Waals surface area (Å²) in [7, 11) is -2.30. The fourth-order valence-corrected chi connectivity index (χ4v) is 6.78. The Bertz CT molecular complexity index is 1640. The fraction of sp³-hybridized carbons (Fsp3) is 0.160. The number of carbonyl (C=O) groups is 1. The van der Waals surface area contributed by atoms with E-state index in [-0.39, 0.29) is 17.2 Å². The van der Waals surface area contributed by atoms with Gasteiger partial charge in [0.1, 0.15) is 10.3 Å². The summed E-state index contributed by atoms with van der Waals surface area (Å²) in [6, 6.07) is 19.8. The van der Waals surface area contributed by atoms with E-state index < -0.39 is 22.0 Å². The second-order valence-corrected chi connectivity index (χ2v) is 11.8. The van der Waals surface area contributed by atoms with E-state index in [0.29, 0.717) is 5.69 Å². The third kappa shape index (κ3) is 5.04. The Kier molecular flexibility index (Phi) is 6.89. The predicted molar refractivity (Wildman–Crippen MR) is 139 cm³/mol. The van der Waals surface area contributed by atoms with Crippen molar-refractivity contribution >= 4 is 38.2 Å². The number of sulfonamides is 1. The van der Waals surface area contributed by atoms with Crippen molar-refractivity contribution in [2.75, 3.05) is 7.05 Å². The van der Waals surface area contributed by atoms with Gasteiger partial charge in [-0.15, -0.1) is 16.4 Å². The molecule has 0 spiro atoms.